The number of carbonyl (C=O) groups is 1. The summed E-state index contributed by atoms with van der Waals surface area (Å²) in [6.07, 6.45) is 3.95. The van der Waals surface area contributed by atoms with Crippen LogP contribution in [0.15, 0.2) is 0 Å². The average molecular weight is 267 g/mol. The van der Waals surface area contributed by atoms with Gasteiger partial charge >= 0.3 is 5.97 Å². The third kappa shape index (κ3) is 2.32. The normalized spacial score (nSPS) is 22.7. The highest BCUT2D eigenvalue weighted by atomic mass is 16.5. The lowest BCUT2D eigenvalue weighted by molar-refractivity contribution is 0.0594. The van der Waals surface area contributed by atoms with Crippen LogP contribution in [0.5, 0.6) is 0 Å². The van der Waals surface area contributed by atoms with Gasteiger partial charge in [0.15, 0.2) is 5.69 Å². The minimum Gasteiger partial charge on any atom is -0.464 e. The van der Waals surface area contributed by atoms with Gasteiger partial charge in [-0.25, -0.2) is 9.78 Å². The molecule has 0 bridgehead atoms. The molecular formula is C13H21N3O3. The number of anilines is 1. The van der Waals surface area contributed by atoms with Gasteiger partial charge in [-0.15, -0.1) is 0 Å². The molecule has 1 aliphatic rings. The molecule has 0 aliphatic heterocycles. The lowest BCUT2D eigenvalue weighted by atomic mass is 10.2. The molecule has 1 saturated carbocycles. The first-order chi connectivity index (χ1) is 9.13. The zero-order valence-electron chi connectivity index (χ0n) is 11.7. The Balaban J connectivity index is 2.44. The van der Waals surface area contributed by atoms with Gasteiger partial charge in [0.05, 0.1) is 19.3 Å². The van der Waals surface area contributed by atoms with E-state index in [0.717, 1.165) is 25.1 Å². The van der Waals surface area contributed by atoms with E-state index in [-0.39, 0.29) is 17.8 Å². The summed E-state index contributed by atoms with van der Waals surface area (Å²) in [4.78, 5) is 16.0. The van der Waals surface area contributed by atoms with E-state index in [1.807, 2.05) is 11.5 Å². The SMILES string of the molecule is CCc1nc(C(=O)OC)c(N)n1C1CCCC1OC. The fourth-order valence-electron chi connectivity index (χ4n) is 2.84. The molecule has 1 aromatic heterocycles. The molecule has 1 heterocycles. The van der Waals surface area contributed by atoms with E-state index >= 15 is 0 Å². The Morgan fingerprint density at radius 3 is 2.79 bits per heavy atom. The topological polar surface area (TPSA) is 79.4 Å². The highest BCUT2D eigenvalue weighted by Crippen LogP contribution is 2.36. The Morgan fingerprint density at radius 1 is 1.47 bits per heavy atom. The summed E-state index contributed by atoms with van der Waals surface area (Å²) in [6, 6.07) is 0.158. The van der Waals surface area contributed by atoms with Gasteiger partial charge in [0, 0.05) is 13.5 Å². The maximum absolute atomic E-state index is 11.7. The van der Waals surface area contributed by atoms with Gasteiger partial charge in [-0.1, -0.05) is 6.92 Å². The molecule has 0 aromatic carbocycles. The summed E-state index contributed by atoms with van der Waals surface area (Å²) in [5, 5.41) is 0. The smallest absolute Gasteiger partial charge is 0.360 e. The second-order valence-corrected chi connectivity index (χ2v) is 4.75. The first-order valence-corrected chi connectivity index (χ1v) is 6.61. The largest absolute Gasteiger partial charge is 0.464 e. The number of ether oxygens (including phenoxy) is 2. The van der Waals surface area contributed by atoms with Crippen molar-refractivity contribution in [1.82, 2.24) is 9.55 Å². The van der Waals surface area contributed by atoms with Crippen LogP contribution in [-0.2, 0) is 15.9 Å². The van der Waals surface area contributed by atoms with Crippen LogP contribution in [0, 0.1) is 0 Å². The number of carbonyl (C=O) groups excluding carboxylic acids is 1. The minimum atomic E-state index is -0.488. The standard InChI is InChI=1S/C13H21N3O3/c1-4-10-15-11(13(17)19-3)12(14)16(10)8-6-5-7-9(8)18-2/h8-9H,4-7,14H2,1-3H3. The number of esters is 1. The molecule has 0 spiro atoms. The Hall–Kier alpha value is -1.56. The van der Waals surface area contributed by atoms with Gasteiger partial charge < -0.3 is 19.8 Å². The monoisotopic (exact) mass is 267 g/mol. The first kappa shape index (κ1) is 13.9. The molecule has 1 fully saturated rings. The molecule has 2 rings (SSSR count). The van der Waals surface area contributed by atoms with E-state index in [1.54, 1.807) is 7.11 Å². The molecule has 106 valence electrons. The van der Waals surface area contributed by atoms with E-state index in [9.17, 15) is 4.79 Å². The number of imidazole rings is 1. The molecule has 2 atom stereocenters. The van der Waals surface area contributed by atoms with Crippen molar-refractivity contribution in [2.45, 2.75) is 44.8 Å². The maximum Gasteiger partial charge on any atom is 0.360 e. The van der Waals surface area contributed by atoms with Crippen LogP contribution >= 0.6 is 0 Å². The number of nitrogens with two attached hydrogens (primary N) is 1. The number of aromatic nitrogens is 2. The molecule has 0 saturated heterocycles. The fourth-order valence-corrected chi connectivity index (χ4v) is 2.84. The van der Waals surface area contributed by atoms with Crippen molar-refractivity contribution in [3.8, 4) is 0 Å². The summed E-state index contributed by atoms with van der Waals surface area (Å²) in [6.45, 7) is 2.00. The number of nitrogens with zero attached hydrogens (tertiary/aromatic N) is 2. The van der Waals surface area contributed by atoms with Crippen molar-refractivity contribution in [1.29, 1.82) is 0 Å². The Morgan fingerprint density at radius 2 is 2.21 bits per heavy atom. The number of aryl methyl sites for hydroxylation is 1. The van der Waals surface area contributed by atoms with Crippen LogP contribution in [0.4, 0.5) is 5.82 Å². The molecule has 2 unspecified atom stereocenters. The van der Waals surface area contributed by atoms with Crippen molar-refractivity contribution in [2.24, 2.45) is 0 Å². The molecule has 0 radical (unpaired) electrons. The van der Waals surface area contributed by atoms with Crippen molar-refractivity contribution in [2.75, 3.05) is 20.0 Å². The van der Waals surface area contributed by atoms with E-state index < -0.39 is 5.97 Å². The number of nitrogen functional groups attached to an aromatic ring is 1. The quantitative estimate of drug-likeness (QED) is 0.837. The van der Waals surface area contributed by atoms with Crippen molar-refractivity contribution >= 4 is 11.8 Å². The molecule has 1 aliphatic carbocycles. The summed E-state index contributed by atoms with van der Waals surface area (Å²) in [7, 11) is 3.04. The summed E-state index contributed by atoms with van der Waals surface area (Å²) in [5.41, 5.74) is 6.31. The number of hydrogen-bond donors (Lipinski definition) is 1. The Labute approximate surface area is 112 Å². The fraction of sp³-hybridized carbons (Fsp3) is 0.692. The Kier molecular flexibility index (Phi) is 4.09. The zero-order valence-corrected chi connectivity index (χ0v) is 11.7. The van der Waals surface area contributed by atoms with Gasteiger partial charge in [0.25, 0.3) is 0 Å². The van der Waals surface area contributed by atoms with E-state index in [0.29, 0.717) is 12.2 Å². The van der Waals surface area contributed by atoms with Gasteiger partial charge in [-0.05, 0) is 19.3 Å². The summed E-state index contributed by atoms with van der Waals surface area (Å²) < 4.78 is 12.2. The molecule has 19 heavy (non-hydrogen) atoms. The second kappa shape index (κ2) is 5.61. The number of methoxy groups -OCH3 is 2. The van der Waals surface area contributed by atoms with Crippen LogP contribution in [-0.4, -0.2) is 35.8 Å². The molecule has 1 aromatic rings. The van der Waals surface area contributed by atoms with Crippen molar-refractivity contribution < 1.29 is 14.3 Å². The number of rotatable bonds is 4. The van der Waals surface area contributed by atoms with Crippen LogP contribution in [0.25, 0.3) is 0 Å². The molecule has 2 N–H and O–H groups in total. The third-order valence-electron chi connectivity index (χ3n) is 3.77. The van der Waals surface area contributed by atoms with Crippen LogP contribution in [0.1, 0.15) is 48.5 Å². The molecule has 0 amide bonds. The Bertz CT molecular complexity index is 470. The van der Waals surface area contributed by atoms with E-state index in [2.05, 4.69) is 4.98 Å². The van der Waals surface area contributed by atoms with E-state index in [4.69, 9.17) is 15.2 Å². The minimum absolute atomic E-state index is 0.132. The predicted octanol–water partition coefficient (Wildman–Crippen LogP) is 1.55. The molecule has 6 nitrogen and oxygen atoms in total. The predicted molar refractivity (Wildman–Crippen MR) is 71.0 cm³/mol. The summed E-state index contributed by atoms with van der Waals surface area (Å²) in [5.74, 6) is 0.711. The number of hydrogen-bond acceptors (Lipinski definition) is 5. The maximum atomic E-state index is 11.7. The average Bonchev–Trinajstić information content (AvgIpc) is 3.01. The van der Waals surface area contributed by atoms with Gasteiger partial charge in [0.1, 0.15) is 11.6 Å². The zero-order chi connectivity index (χ0) is 14.0. The van der Waals surface area contributed by atoms with Crippen LogP contribution in [0.2, 0.25) is 0 Å². The molecular weight excluding hydrogens is 246 g/mol. The lowest BCUT2D eigenvalue weighted by Crippen LogP contribution is -2.23. The van der Waals surface area contributed by atoms with Gasteiger partial charge in [0.2, 0.25) is 0 Å². The van der Waals surface area contributed by atoms with E-state index in [1.165, 1.54) is 7.11 Å². The highest BCUT2D eigenvalue weighted by molar-refractivity contribution is 5.92. The van der Waals surface area contributed by atoms with Gasteiger partial charge in [-0.2, -0.15) is 0 Å². The highest BCUT2D eigenvalue weighted by Gasteiger charge is 2.33. The second-order valence-electron chi connectivity index (χ2n) is 4.75. The first-order valence-electron chi connectivity index (χ1n) is 6.61. The van der Waals surface area contributed by atoms with Crippen molar-refractivity contribution in [3.63, 3.8) is 0 Å². The third-order valence-corrected chi connectivity index (χ3v) is 3.77. The lowest BCUT2D eigenvalue weighted by Gasteiger charge is -2.22. The van der Waals surface area contributed by atoms with Crippen LogP contribution in [0.3, 0.4) is 0 Å². The van der Waals surface area contributed by atoms with Crippen LogP contribution < -0.4 is 5.73 Å². The van der Waals surface area contributed by atoms with Gasteiger partial charge in [-0.3, -0.25) is 0 Å². The molecule has 6 heteroatoms. The summed E-state index contributed by atoms with van der Waals surface area (Å²) >= 11 is 0. The van der Waals surface area contributed by atoms with Crippen molar-refractivity contribution in [3.05, 3.63) is 11.5 Å².